The first-order chi connectivity index (χ1) is 8.73. The number of pyridine rings is 1. The van der Waals surface area contributed by atoms with Gasteiger partial charge in [-0.1, -0.05) is 26.1 Å². The van der Waals surface area contributed by atoms with E-state index in [0.717, 1.165) is 11.3 Å². The maximum Gasteiger partial charge on any atom is 0.240 e. The number of nitrogens with zero attached hydrogens (tertiary/aromatic N) is 1. The second kappa shape index (κ2) is 5.97. The second-order valence-corrected chi connectivity index (χ2v) is 5.38. The zero-order valence-electron chi connectivity index (χ0n) is 11.7. The highest BCUT2D eigenvalue weighted by Gasteiger charge is 2.22. The summed E-state index contributed by atoms with van der Waals surface area (Å²) in [5.41, 5.74) is 13.5. The molecule has 1 unspecified atom stereocenters. The summed E-state index contributed by atoms with van der Waals surface area (Å²) in [6.45, 7) is 7.59. The number of rotatable bonds is 5. The van der Waals surface area contributed by atoms with Gasteiger partial charge in [0.2, 0.25) is 5.91 Å². The Labute approximate surface area is 118 Å². The minimum atomic E-state index is -0.512. The van der Waals surface area contributed by atoms with Crippen LogP contribution < -0.4 is 16.8 Å². The van der Waals surface area contributed by atoms with E-state index in [1.807, 2.05) is 33.8 Å². The lowest BCUT2D eigenvalue weighted by Crippen LogP contribution is -2.40. The van der Waals surface area contributed by atoms with Crippen LogP contribution in [0.4, 0.5) is 5.82 Å². The van der Waals surface area contributed by atoms with Gasteiger partial charge in [0.15, 0.2) is 0 Å². The molecule has 0 aliphatic carbocycles. The summed E-state index contributed by atoms with van der Waals surface area (Å²) >= 11 is 5.05. The molecule has 0 saturated carbocycles. The summed E-state index contributed by atoms with van der Waals surface area (Å²) in [6.07, 6.45) is 0. The molecule has 1 amide bonds. The van der Waals surface area contributed by atoms with Crippen molar-refractivity contribution in [2.75, 3.05) is 5.32 Å². The van der Waals surface area contributed by atoms with Crippen LogP contribution >= 0.6 is 12.2 Å². The van der Waals surface area contributed by atoms with Crippen LogP contribution in [0.1, 0.15) is 30.7 Å². The van der Waals surface area contributed by atoms with E-state index in [4.69, 9.17) is 23.7 Å². The second-order valence-electron chi connectivity index (χ2n) is 4.94. The van der Waals surface area contributed by atoms with Gasteiger partial charge in [-0.2, -0.15) is 0 Å². The number of carbonyl (C=O) groups excluding carboxylic acids is 1. The summed E-state index contributed by atoms with van der Waals surface area (Å²) in [7, 11) is 0. The predicted molar refractivity (Wildman–Crippen MR) is 81.0 cm³/mol. The molecule has 5 nitrogen and oxygen atoms in total. The number of hydrogen-bond acceptors (Lipinski definition) is 4. The molecule has 0 fully saturated rings. The molecule has 0 bridgehead atoms. The monoisotopic (exact) mass is 280 g/mol. The predicted octanol–water partition coefficient (Wildman–Crippen LogP) is 1.25. The standard InChI is InChI=1S/C13H20N4OS/c1-6(2)10(11(14)18)17-13-9(12(15)19)7(3)5-8(4)16-13/h5-6,10H,1-4H3,(H2,14,18)(H2,15,19)(H,16,17). The Hall–Kier alpha value is -1.69. The topological polar surface area (TPSA) is 94.0 Å². The van der Waals surface area contributed by atoms with Crippen LogP contribution in [0.15, 0.2) is 6.07 Å². The van der Waals surface area contributed by atoms with Gasteiger partial charge >= 0.3 is 0 Å². The van der Waals surface area contributed by atoms with E-state index in [0.29, 0.717) is 11.4 Å². The molecule has 1 rings (SSSR count). The quantitative estimate of drug-likeness (QED) is 0.706. The highest BCUT2D eigenvalue weighted by atomic mass is 32.1. The minimum Gasteiger partial charge on any atom is -0.389 e. The number of anilines is 1. The van der Waals surface area contributed by atoms with Gasteiger partial charge in [-0.05, 0) is 31.4 Å². The van der Waals surface area contributed by atoms with Crippen LogP contribution in [0.2, 0.25) is 0 Å². The van der Waals surface area contributed by atoms with Gasteiger partial charge in [-0.25, -0.2) is 4.98 Å². The van der Waals surface area contributed by atoms with E-state index in [-0.39, 0.29) is 10.9 Å². The molecule has 1 heterocycles. The number of amides is 1. The minimum absolute atomic E-state index is 0.0410. The largest absolute Gasteiger partial charge is 0.389 e. The Kier molecular flexibility index (Phi) is 4.83. The highest BCUT2D eigenvalue weighted by molar-refractivity contribution is 7.80. The van der Waals surface area contributed by atoms with Crippen molar-refractivity contribution >= 4 is 28.9 Å². The van der Waals surface area contributed by atoms with Crippen LogP contribution in [-0.2, 0) is 4.79 Å². The number of nitrogens with one attached hydrogen (secondary N) is 1. The van der Waals surface area contributed by atoms with E-state index in [2.05, 4.69) is 10.3 Å². The average molecular weight is 280 g/mol. The Morgan fingerprint density at radius 1 is 1.37 bits per heavy atom. The molecular formula is C13H20N4OS. The smallest absolute Gasteiger partial charge is 0.240 e. The molecule has 0 aliphatic rings. The lowest BCUT2D eigenvalue weighted by Gasteiger charge is -2.22. The molecule has 6 heteroatoms. The summed E-state index contributed by atoms with van der Waals surface area (Å²) in [4.78, 5) is 16.1. The van der Waals surface area contributed by atoms with E-state index < -0.39 is 11.9 Å². The van der Waals surface area contributed by atoms with Crippen molar-refractivity contribution in [3.05, 3.63) is 22.9 Å². The summed E-state index contributed by atoms with van der Waals surface area (Å²) in [5.74, 6) is 0.131. The van der Waals surface area contributed by atoms with Crippen LogP contribution in [-0.4, -0.2) is 21.9 Å². The molecule has 1 aromatic rings. The molecular weight excluding hydrogens is 260 g/mol. The van der Waals surface area contributed by atoms with Gasteiger partial charge < -0.3 is 16.8 Å². The fourth-order valence-electron chi connectivity index (χ4n) is 1.97. The van der Waals surface area contributed by atoms with Gasteiger partial charge in [0.1, 0.15) is 16.8 Å². The SMILES string of the molecule is Cc1cc(C)c(C(N)=S)c(NC(C(N)=O)C(C)C)n1. The van der Waals surface area contributed by atoms with Crippen molar-refractivity contribution in [3.63, 3.8) is 0 Å². The Morgan fingerprint density at radius 3 is 2.37 bits per heavy atom. The van der Waals surface area contributed by atoms with E-state index in [1.165, 1.54) is 0 Å². The average Bonchev–Trinajstić information content (AvgIpc) is 2.23. The molecule has 0 radical (unpaired) electrons. The molecule has 0 aliphatic heterocycles. The summed E-state index contributed by atoms with van der Waals surface area (Å²) in [5, 5.41) is 3.06. The number of carbonyl (C=O) groups is 1. The fraction of sp³-hybridized carbons (Fsp3) is 0.462. The summed E-state index contributed by atoms with van der Waals surface area (Å²) < 4.78 is 0. The Balaban J connectivity index is 3.26. The highest BCUT2D eigenvalue weighted by Crippen LogP contribution is 2.20. The molecule has 0 spiro atoms. The van der Waals surface area contributed by atoms with Gasteiger partial charge in [0.25, 0.3) is 0 Å². The van der Waals surface area contributed by atoms with Gasteiger partial charge in [-0.15, -0.1) is 0 Å². The summed E-state index contributed by atoms with van der Waals surface area (Å²) in [6, 6.07) is 1.38. The van der Waals surface area contributed by atoms with E-state index in [1.54, 1.807) is 0 Å². The molecule has 19 heavy (non-hydrogen) atoms. The molecule has 1 atom stereocenters. The zero-order chi connectivity index (χ0) is 14.7. The number of aromatic nitrogens is 1. The molecule has 1 aromatic heterocycles. The van der Waals surface area contributed by atoms with Crippen LogP contribution in [0.25, 0.3) is 0 Å². The Morgan fingerprint density at radius 2 is 1.95 bits per heavy atom. The first kappa shape index (κ1) is 15.4. The van der Waals surface area contributed by atoms with Crippen LogP contribution in [0, 0.1) is 19.8 Å². The normalized spacial score (nSPS) is 12.3. The third-order valence-corrected chi connectivity index (χ3v) is 3.06. The first-order valence-corrected chi connectivity index (χ1v) is 6.48. The number of aryl methyl sites for hydroxylation is 2. The van der Waals surface area contributed by atoms with Crippen molar-refractivity contribution in [3.8, 4) is 0 Å². The van der Waals surface area contributed by atoms with Crippen LogP contribution in [0.3, 0.4) is 0 Å². The van der Waals surface area contributed by atoms with Crippen molar-refractivity contribution < 1.29 is 4.79 Å². The van der Waals surface area contributed by atoms with Gasteiger partial charge in [0.05, 0.1) is 5.56 Å². The van der Waals surface area contributed by atoms with E-state index >= 15 is 0 Å². The molecule has 0 aromatic carbocycles. The third kappa shape index (κ3) is 3.64. The van der Waals surface area contributed by atoms with Crippen molar-refractivity contribution in [1.29, 1.82) is 0 Å². The molecule has 104 valence electrons. The Bertz CT molecular complexity index is 514. The van der Waals surface area contributed by atoms with Crippen molar-refractivity contribution in [2.45, 2.75) is 33.7 Å². The fourth-order valence-corrected chi connectivity index (χ4v) is 2.22. The third-order valence-electron chi connectivity index (χ3n) is 2.86. The molecule has 5 N–H and O–H groups in total. The van der Waals surface area contributed by atoms with Crippen LogP contribution in [0.5, 0.6) is 0 Å². The zero-order valence-corrected chi connectivity index (χ0v) is 12.5. The molecule has 0 saturated heterocycles. The first-order valence-electron chi connectivity index (χ1n) is 6.08. The lowest BCUT2D eigenvalue weighted by molar-refractivity contribution is -0.119. The lowest BCUT2D eigenvalue weighted by atomic mass is 10.0. The maximum atomic E-state index is 11.5. The number of thiocarbonyl (C=S) groups is 1. The van der Waals surface area contributed by atoms with Gasteiger partial charge in [0, 0.05) is 5.69 Å². The van der Waals surface area contributed by atoms with Crippen molar-refractivity contribution in [1.82, 2.24) is 4.98 Å². The number of primary amides is 1. The van der Waals surface area contributed by atoms with Crippen molar-refractivity contribution in [2.24, 2.45) is 17.4 Å². The van der Waals surface area contributed by atoms with E-state index in [9.17, 15) is 4.79 Å². The maximum absolute atomic E-state index is 11.5. The van der Waals surface area contributed by atoms with Gasteiger partial charge in [-0.3, -0.25) is 4.79 Å². The number of hydrogen-bond donors (Lipinski definition) is 3. The number of nitrogens with two attached hydrogens (primary N) is 2.